The first kappa shape index (κ1) is 28.6. The summed E-state index contributed by atoms with van der Waals surface area (Å²) < 4.78 is 18.4. The van der Waals surface area contributed by atoms with Gasteiger partial charge in [0.05, 0.1) is 18.1 Å². The Morgan fingerprint density at radius 3 is 2.55 bits per heavy atom. The summed E-state index contributed by atoms with van der Waals surface area (Å²) >= 11 is 0. The minimum Gasteiger partial charge on any atom is -0.457 e. The van der Waals surface area contributed by atoms with Crippen LogP contribution in [0.4, 0.5) is 0 Å². The number of ether oxygens (including phenoxy) is 3. The fraction of sp³-hybridized carbons (Fsp3) is 0.794. The lowest BCUT2D eigenvalue weighted by atomic mass is 9.46. The Labute approximate surface area is 249 Å². The van der Waals surface area contributed by atoms with Crippen molar-refractivity contribution in [1.82, 2.24) is 4.90 Å². The summed E-state index contributed by atoms with van der Waals surface area (Å²) in [6, 6.07) is 0. The van der Waals surface area contributed by atoms with Gasteiger partial charge in [-0.2, -0.15) is 0 Å². The van der Waals surface area contributed by atoms with Crippen LogP contribution in [0.3, 0.4) is 0 Å². The third kappa shape index (κ3) is 4.49. The number of aliphatic hydroxyl groups is 1. The number of Topliss-reactive ketones (excluding diaryl/α,β-unsaturated/α-hetero) is 1. The summed E-state index contributed by atoms with van der Waals surface area (Å²) in [5, 5.41) is 12.0. The molecule has 5 aliphatic carbocycles. The predicted octanol–water partition coefficient (Wildman–Crippen LogP) is 4.70. The maximum Gasteiger partial charge on any atom is 0.320 e. The molecule has 8 heteroatoms. The molecule has 5 fully saturated rings. The molecular weight excluding hydrogens is 534 g/mol. The van der Waals surface area contributed by atoms with E-state index in [2.05, 4.69) is 18.7 Å². The molecule has 2 heterocycles. The third-order valence-electron chi connectivity index (χ3n) is 12.6. The van der Waals surface area contributed by atoms with Gasteiger partial charge in [-0.3, -0.25) is 19.3 Å². The van der Waals surface area contributed by atoms with E-state index in [9.17, 15) is 19.5 Å². The molecule has 7 aliphatic rings. The van der Waals surface area contributed by atoms with Gasteiger partial charge in [-0.25, -0.2) is 0 Å². The second-order valence-electron chi connectivity index (χ2n) is 14.7. The fourth-order valence-corrected chi connectivity index (χ4v) is 10.5. The van der Waals surface area contributed by atoms with Crippen LogP contribution in [-0.2, 0) is 28.6 Å². The fourth-order valence-electron chi connectivity index (χ4n) is 10.5. The molecule has 4 saturated carbocycles. The lowest BCUT2D eigenvalue weighted by Gasteiger charge is -2.59. The number of likely N-dealkylation sites (tertiary alicyclic amines) is 1. The normalized spacial score (nSPS) is 41.7. The van der Waals surface area contributed by atoms with Crippen molar-refractivity contribution in [2.75, 3.05) is 26.2 Å². The average molecular weight is 582 g/mol. The van der Waals surface area contributed by atoms with E-state index < -0.39 is 17.8 Å². The highest BCUT2D eigenvalue weighted by Crippen LogP contribution is 2.68. The van der Waals surface area contributed by atoms with Gasteiger partial charge in [0.25, 0.3) is 0 Å². The molecule has 0 aromatic carbocycles. The number of ketones is 2. The molecule has 0 radical (unpaired) electrons. The zero-order chi connectivity index (χ0) is 29.2. The van der Waals surface area contributed by atoms with Gasteiger partial charge in [0.15, 0.2) is 11.5 Å². The summed E-state index contributed by atoms with van der Waals surface area (Å²) in [6.07, 6.45) is 12.4. The topological polar surface area (TPSA) is 102 Å². The molecule has 1 N–H and O–H groups in total. The van der Waals surface area contributed by atoms with Crippen molar-refractivity contribution < 1.29 is 33.7 Å². The van der Waals surface area contributed by atoms with Crippen LogP contribution in [0.5, 0.6) is 0 Å². The summed E-state index contributed by atoms with van der Waals surface area (Å²) in [5.74, 6) is 0.994. The van der Waals surface area contributed by atoms with Gasteiger partial charge in [0, 0.05) is 17.8 Å². The Bertz CT molecular complexity index is 1200. The molecule has 42 heavy (non-hydrogen) atoms. The second-order valence-corrected chi connectivity index (χ2v) is 14.7. The van der Waals surface area contributed by atoms with E-state index in [1.54, 1.807) is 6.08 Å². The van der Waals surface area contributed by atoms with Crippen molar-refractivity contribution in [3.05, 3.63) is 23.2 Å². The maximum atomic E-state index is 13.5. The number of nitrogens with zero attached hydrogens (tertiary/aromatic N) is 1. The van der Waals surface area contributed by atoms with Crippen LogP contribution < -0.4 is 0 Å². The monoisotopic (exact) mass is 581 g/mol. The molecule has 230 valence electrons. The van der Waals surface area contributed by atoms with Crippen LogP contribution in [0.1, 0.15) is 90.9 Å². The van der Waals surface area contributed by atoms with Crippen LogP contribution in [0, 0.1) is 40.4 Å². The van der Waals surface area contributed by atoms with Crippen LogP contribution >= 0.6 is 0 Å². The van der Waals surface area contributed by atoms with Gasteiger partial charge in [-0.05, 0) is 101 Å². The zero-order valence-electron chi connectivity index (χ0n) is 25.3. The van der Waals surface area contributed by atoms with Gasteiger partial charge in [0.1, 0.15) is 6.61 Å². The first-order valence-electron chi connectivity index (χ1n) is 16.6. The first-order valence-corrected chi connectivity index (χ1v) is 16.6. The van der Waals surface area contributed by atoms with E-state index in [0.717, 1.165) is 82.9 Å². The molecule has 0 bridgehead atoms. The molecule has 3 unspecified atom stereocenters. The van der Waals surface area contributed by atoms with Gasteiger partial charge in [-0.1, -0.05) is 31.8 Å². The Hall–Kier alpha value is -2.19. The number of hydrogen-bond acceptors (Lipinski definition) is 8. The minimum absolute atomic E-state index is 0.0147. The maximum absolute atomic E-state index is 13.5. The first-order chi connectivity index (χ1) is 20.2. The van der Waals surface area contributed by atoms with E-state index in [1.807, 2.05) is 0 Å². The van der Waals surface area contributed by atoms with E-state index in [-0.39, 0.29) is 65.7 Å². The highest BCUT2D eigenvalue weighted by Gasteiger charge is 2.66. The Kier molecular flexibility index (Phi) is 7.32. The molecule has 2 aliphatic heterocycles. The van der Waals surface area contributed by atoms with Crippen molar-refractivity contribution in [2.45, 2.75) is 103 Å². The second kappa shape index (κ2) is 10.8. The van der Waals surface area contributed by atoms with Crippen LogP contribution in [0.15, 0.2) is 23.2 Å². The summed E-state index contributed by atoms with van der Waals surface area (Å²) in [6.45, 7) is 6.23. The number of hydrogen-bond donors (Lipinski definition) is 1. The standard InChI is InChI=1S/C34H47NO7/c1-33-17-26(37)29-22(23(33)12-13-24(33)27(38)19-40-28(39)18-35-14-6-7-15-35)11-10-21-16-25(36)30-31(34(21,29)2)42-32(41-30)20-8-4-3-5-9-20/h16,20,22-24,26,29,32,37H,3-15,17-19H2,1-2H3/t22?,23?,24-,26+,29?,32+,33+,34+/m1/s1. The average Bonchev–Trinajstić information content (AvgIpc) is 3.72. The van der Waals surface area contributed by atoms with Crippen molar-refractivity contribution >= 4 is 17.5 Å². The number of carbonyl (C=O) groups excluding carboxylic acids is 3. The highest BCUT2D eigenvalue weighted by atomic mass is 16.7. The molecule has 8 nitrogen and oxygen atoms in total. The molecule has 0 spiro atoms. The number of esters is 1. The minimum atomic E-state index is -0.643. The van der Waals surface area contributed by atoms with Gasteiger partial charge in [-0.15, -0.1) is 0 Å². The van der Waals surface area contributed by atoms with Crippen LogP contribution in [-0.4, -0.2) is 66.2 Å². The summed E-state index contributed by atoms with van der Waals surface area (Å²) in [5.41, 5.74) is 0.109. The Morgan fingerprint density at radius 2 is 1.79 bits per heavy atom. The molecular formula is C34H47NO7. The number of carbonyl (C=O) groups is 3. The quantitative estimate of drug-likeness (QED) is 0.451. The van der Waals surface area contributed by atoms with Crippen LogP contribution in [0.25, 0.3) is 0 Å². The molecule has 1 saturated heterocycles. The van der Waals surface area contributed by atoms with Crippen molar-refractivity contribution in [1.29, 1.82) is 0 Å². The Balaban J connectivity index is 1.09. The zero-order valence-corrected chi connectivity index (χ0v) is 25.3. The summed E-state index contributed by atoms with van der Waals surface area (Å²) in [7, 11) is 0. The number of fused-ring (bicyclic) bond motifs is 6. The molecule has 0 aromatic heterocycles. The number of allylic oxidation sites excluding steroid dienone is 2. The van der Waals surface area contributed by atoms with E-state index in [1.165, 1.54) is 6.42 Å². The summed E-state index contributed by atoms with van der Waals surface area (Å²) in [4.78, 5) is 41.2. The SMILES string of the molecule is C[C@@]12C(=CC(=O)C3=C1O[C@@H](C1CCCCC1)O3)CCC1C2[C@@H](O)C[C@@]2(C)C1CC[C@@H]2C(=O)COC(=O)CN1CCCC1. The van der Waals surface area contributed by atoms with Crippen molar-refractivity contribution in [3.63, 3.8) is 0 Å². The molecule has 0 aromatic rings. The molecule has 0 amide bonds. The number of aliphatic hydroxyl groups excluding tert-OH is 1. The molecule has 7 rings (SSSR count). The lowest BCUT2D eigenvalue weighted by Crippen LogP contribution is -2.57. The van der Waals surface area contributed by atoms with E-state index in [0.29, 0.717) is 17.9 Å². The van der Waals surface area contributed by atoms with Crippen LogP contribution in [0.2, 0.25) is 0 Å². The van der Waals surface area contributed by atoms with Crippen molar-refractivity contribution in [3.8, 4) is 0 Å². The largest absolute Gasteiger partial charge is 0.457 e. The van der Waals surface area contributed by atoms with E-state index >= 15 is 0 Å². The van der Waals surface area contributed by atoms with Gasteiger partial charge < -0.3 is 19.3 Å². The third-order valence-corrected chi connectivity index (χ3v) is 12.6. The highest BCUT2D eigenvalue weighted by molar-refractivity contribution is 6.05. The lowest BCUT2D eigenvalue weighted by molar-refractivity contribution is -0.156. The van der Waals surface area contributed by atoms with Gasteiger partial charge >= 0.3 is 5.97 Å². The molecule has 8 atom stereocenters. The Morgan fingerprint density at radius 1 is 1.02 bits per heavy atom. The number of rotatable bonds is 6. The van der Waals surface area contributed by atoms with Crippen molar-refractivity contribution in [2.24, 2.45) is 40.4 Å². The predicted molar refractivity (Wildman–Crippen MR) is 154 cm³/mol. The smallest absolute Gasteiger partial charge is 0.320 e. The van der Waals surface area contributed by atoms with E-state index in [4.69, 9.17) is 14.2 Å². The van der Waals surface area contributed by atoms with Gasteiger partial charge in [0.2, 0.25) is 17.8 Å².